The van der Waals surface area contributed by atoms with Gasteiger partial charge in [-0.1, -0.05) is 0 Å². The van der Waals surface area contributed by atoms with Crippen LogP contribution in [-0.2, 0) is 0 Å². The van der Waals surface area contributed by atoms with Crippen molar-refractivity contribution in [2.75, 3.05) is 0 Å². The van der Waals surface area contributed by atoms with Crippen molar-refractivity contribution < 1.29 is 0 Å². The van der Waals surface area contributed by atoms with Gasteiger partial charge in [0.15, 0.2) is 0 Å². The molecule has 0 rings (SSSR count). The summed E-state index contributed by atoms with van der Waals surface area (Å²) in [7, 11) is 0. The van der Waals surface area contributed by atoms with Gasteiger partial charge in [0.25, 0.3) is 0 Å². The van der Waals surface area contributed by atoms with E-state index in [9.17, 15) is 0 Å². The van der Waals surface area contributed by atoms with E-state index < -0.39 is 0 Å². The minimum absolute atomic E-state index is 0. The molecule has 0 aliphatic heterocycles. The van der Waals surface area contributed by atoms with Crippen molar-refractivity contribution in [3.63, 3.8) is 0 Å². The number of rotatable bonds is 0. The number of hydrogen-bond acceptors (Lipinski definition) is 0. The average molecular weight is 252 g/mol. The van der Waals surface area contributed by atoms with Crippen molar-refractivity contribution in [1.82, 2.24) is 0 Å². The maximum absolute atomic E-state index is 0. The predicted octanol–water partition coefficient (Wildman–Crippen LogP) is -0.721. The molecule has 0 saturated carbocycles. The first kappa shape index (κ1) is 25.0. The van der Waals surface area contributed by atoms with Gasteiger partial charge in [0.1, 0.15) is 0 Å². The van der Waals surface area contributed by atoms with Gasteiger partial charge in [-0.05, 0) is 0 Å². The molecule has 0 fully saturated rings. The van der Waals surface area contributed by atoms with E-state index in [1.165, 1.54) is 0 Å². The van der Waals surface area contributed by atoms with Crippen molar-refractivity contribution in [2.45, 2.75) is 0 Å². The maximum atomic E-state index is 0. The van der Waals surface area contributed by atoms with Crippen molar-refractivity contribution in [2.24, 2.45) is 0 Å². The van der Waals surface area contributed by atoms with Gasteiger partial charge >= 0.3 is 100 Å². The van der Waals surface area contributed by atoms with Crippen molar-refractivity contribution in [1.29, 1.82) is 0 Å². The molecule has 0 radical (unpaired) electrons. The zero-order valence-electron chi connectivity index (χ0n) is 0.816. The quantitative estimate of drug-likeness (QED) is 0.499. The Morgan fingerprint density at radius 1 is 0.750 bits per heavy atom. The molecule has 0 saturated heterocycles. The Bertz CT molecular complexity index is 6.00. The number of halogens is 2. The van der Waals surface area contributed by atoms with E-state index in [1.54, 1.807) is 0 Å². The molecule has 0 heterocycles. The molecule has 22 valence electrons. The Hall–Kier alpha value is 3.79. The van der Waals surface area contributed by atoms with Gasteiger partial charge in [0.2, 0.25) is 0 Å². The van der Waals surface area contributed by atoms with Crippen LogP contribution in [0.5, 0.6) is 0 Å². The molecule has 0 aromatic carbocycles. The van der Waals surface area contributed by atoms with Crippen LogP contribution >= 0.6 is 24.8 Å². The van der Waals surface area contributed by atoms with Crippen molar-refractivity contribution >= 4 is 125 Å². The van der Waals surface area contributed by atoms with E-state index in [-0.39, 0.29) is 125 Å². The van der Waals surface area contributed by atoms with Gasteiger partial charge in [-0.25, -0.2) is 0 Å². The van der Waals surface area contributed by atoms with Crippen LogP contribution in [-0.4, -0.2) is 100 Å². The number of hydrogen-bond donors (Lipinski definition) is 0. The molecule has 0 aromatic heterocycles. The predicted molar refractivity (Wildman–Crippen MR) is 30.2 cm³/mol. The van der Waals surface area contributed by atoms with E-state index in [2.05, 4.69) is 0 Å². The van der Waals surface area contributed by atoms with Gasteiger partial charge in [-0.15, -0.1) is 24.8 Å². The summed E-state index contributed by atoms with van der Waals surface area (Å²) >= 11 is 0. The third-order valence-electron chi connectivity index (χ3n) is 0. The zero-order chi connectivity index (χ0) is 0. The molecule has 4 heteroatoms. The Kier molecular flexibility index (Phi) is 99.1. The molecule has 0 amide bonds. The molecular formula is H5BaCl2K. The molecule has 0 spiro atoms. The van der Waals surface area contributed by atoms with Crippen LogP contribution in [0.3, 0.4) is 0 Å². The van der Waals surface area contributed by atoms with Crippen LogP contribution in [0.25, 0.3) is 0 Å². The zero-order valence-corrected chi connectivity index (χ0v) is 2.45. The summed E-state index contributed by atoms with van der Waals surface area (Å²) < 4.78 is 0. The molecule has 0 unspecified atom stereocenters. The second kappa shape index (κ2) is 15.8. The normalized spacial score (nSPS) is 0. The van der Waals surface area contributed by atoms with Gasteiger partial charge < -0.3 is 0 Å². The SMILES string of the molecule is Cl.Cl.[BaH2].[KH]. The Labute approximate surface area is 121 Å². The first-order chi connectivity index (χ1) is 0. The summed E-state index contributed by atoms with van der Waals surface area (Å²) in [5.74, 6) is 0. The van der Waals surface area contributed by atoms with Crippen LogP contribution in [0.1, 0.15) is 0 Å². The summed E-state index contributed by atoms with van der Waals surface area (Å²) in [4.78, 5) is 0. The van der Waals surface area contributed by atoms with Crippen molar-refractivity contribution in [3.8, 4) is 0 Å². The van der Waals surface area contributed by atoms with E-state index in [0.717, 1.165) is 0 Å². The van der Waals surface area contributed by atoms with Crippen molar-refractivity contribution in [3.05, 3.63) is 0 Å². The summed E-state index contributed by atoms with van der Waals surface area (Å²) in [6, 6.07) is 0. The fourth-order valence-corrected chi connectivity index (χ4v) is 0. The summed E-state index contributed by atoms with van der Waals surface area (Å²) in [6.07, 6.45) is 0. The second-order valence-corrected chi connectivity index (χ2v) is 0. The standard InChI is InChI=1S/Ba.2ClH.K.3H/h;2*1H;;;;. The van der Waals surface area contributed by atoms with Crippen LogP contribution in [0.4, 0.5) is 0 Å². The third-order valence-corrected chi connectivity index (χ3v) is 0. The first-order valence-electron chi connectivity index (χ1n) is 0. The van der Waals surface area contributed by atoms with Gasteiger partial charge in [0.05, 0.1) is 0 Å². The van der Waals surface area contributed by atoms with E-state index >= 15 is 0 Å². The van der Waals surface area contributed by atoms with Gasteiger partial charge in [-0.2, -0.15) is 0 Å². The molecule has 0 aliphatic rings. The molecule has 0 N–H and O–H groups in total. The topological polar surface area (TPSA) is 0 Å². The van der Waals surface area contributed by atoms with Crippen LogP contribution in [0.15, 0.2) is 0 Å². The fourth-order valence-electron chi connectivity index (χ4n) is 0. The molecule has 0 nitrogen and oxygen atoms in total. The molecule has 0 aromatic rings. The molecule has 4 heavy (non-hydrogen) atoms. The summed E-state index contributed by atoms with van der Waals surface area (Å²) in [5.41, 5.74) is 0. The van der Waals surface area contributed by atoms with Crippen LogP contribution in [0, 0.1) is 0 Å². The Balaban J connectivity index is 0. The van der Waals surface area contributed by atoms with E-state index in [4.69, 9.17) is 0 Å². The molecule has 0 aliphatic carbocycles. The second-order valence-electron chi connectivity index (χ2n) is 0. The monoisotopic (exact) mass is 252 g/mol. The van der Waals surface area contributed by atoms with E-state index in [1.807, 2.05) is 0 Å². The van der Waals surface area contributed by atoms with Gasteiger partial charge in [0, 0.05) is 0 Å². The third kappa shape index (κ3) is 9.25. The fraction of sp³-hybridized carbons (Fsp3) is 0. The van der Waals surface area contributed by atoms with Crippen LogP contribution in [0.2, 0.25) is 0 Å². The Morgan fingerprint density at radius 2 is 0.750 bits per heavy atom. The molecule has 0 atom stereocenters. The minimum atomic E-state index is 0. The van der Waals surface area contributed by atoms with Gasteiger partial charge in [-0.3, -0.25) is 0 Å². The Morgan fingerprint density at radius 3 is 0.750 bits per heavy atom. The first-order valence-corrected chi connectivity index (χ1v) is 0. The molecular weight excluding hydrogens is 247 g/mol. The summed E-state index contributed by atoms with van der Waals surface area (Å²) in [5, 5.41) is 0. The average Bonchev–Trinajstić information content (AvgIpc) is 0. The summed E-state index contributed by atoms with van der Waals surface area (Å²) in [6.45, 7) is 0. The van der Waals surface area contributed by atoms with Crippen LogP contribution < -0.4 is 0 Å². The molecule has 0 bridgehead atoms. The van der Waals surface area contributed by atoms with E-state index in [0.29, 0.717) is 0 Å².